The van der Waals surface area contributed by atoms with Gasteiger partial charge in [0.05, 0.1) is 28.4 Å². The van der Waals surface area contributed by atoms with Crippen molar-refractivity contribution in [3.05, 3.63) is 103 Å². The third kappa shape index (κ3) is 3.76. The number of rotatable bonds is 2. The molecule has 0 fully saturated rings. The van der Waals surface area contributed by atoms with Gasteiger partial charge in [-0.2, -0.15) is 0 Å². The van der Waals surface area contributed by atoms with E-state index in [2.05, 4.69) is 86.6 Å². The Balaban J connectivity index is 1.79. The average Bonchev–Trinajstić information content (AvgIpc) is 3.47. The molecule has 8 bridgehead atoms. The second-order valence-electron chi connectivity index (χ2n) is 11.3. The first-order chi connectivity index (χ1) is 16.9. The number of hydrogen-bond acceptors (Lipinski definition) is 3. The van der Waals surface area contributed by atoms with E-state index in [0.29, 0.717) is 0 Å². The summed E-state index contributed by atoms with van der Waals surface area (Å²) in [6.07, 6.45) is 11.0. The summed E-state index contributed by atoms with van der Waals surface area (Å²) in [6, 6.07) is 0. The molecular formula is C33H38N2O. The van der Waals surface area contributed by atoms with Crippen LogP contribution >= 0.6 is 0 Å². The van der Waals surface area contributed by atoms with Gasteiger partial charge in [0.15, 0.2) is 0 Å². The number of nitrogens with zero attached hydrogens (tertiary/aromatic N) is 2. The maximum atomic E-state index is 6.00. The van der Waals surface area contributed by atoms with Gasteiger partial charge in [-0.1, -0.05) is 0 Å². The van der Waals surface area contributed by atoms with E-state index >= 15 is 0 Å². The van der Waals surface area contributed by atoms with Gasteiger partial charge in [0.2, 0.25) is 0 Å². The zero-order chi connectivity index (χ0) is 26.1. The molecular weight excluding hydrogens is 440 g/mol. The van der Waals surface area contributed by atoms with E-state index in [1.807, 2.05) is 0 Å². The van der Waals surface area contributed by atoms with Crippen molar-refractivity contribution < 1.29 is 4.74 Å². The highest BCUT2D eigenvalue weighted by Crippen LogP contribution is 2.44. The predicted molar refractivity (Wildman–Crippen MR) is 152 cm³/mol. The minimum absolute atomic E-state index is 0.395. The first kappa shape index (κ1) is 24.6. The molecule has 36 heavy (non-hydrogen) atoms. The van der Waals surface area contributed by atoms with E-state index in [0.717, 1.165) is 35.7 Å². The van der Waals surface area contributed by atoms with Crippen molar-refractivity contribution >= 4 is 11.4 Å². The molecule has 3 aliphatic heterocycles. The maximum absolute atomic E-state index is 6.00. The van der Waals surface area contributed by atoms with Crippen LogP contribution in [0.15, 0.2) is 113 Å². The number of aliphatic imine (C=N–C) groups is 2. The molecule has 186 valence electrons. The van der Waals surface area contributed by atoms with Gasteiger partial charge in [-0.15, -0.1) is 0 Å². The summed E-state index contributed by atoms with van der Waals surface area (Å²) >= 11 is 0. The topological polar surface area (TPSA) is 34.0 Å². The van der Waals surface area contributed by atoms with Gasteiger partial charge in [0.25, 0.3) is 0 Å². The molecule has 0 radical (unpaired) electrons. The molecule has 0 aromatic rings. The highest BCUT2D eigenvalue weighted by molar-refractivity contribution is 6.14. The standard InChI is InChI=1S/C33H38N2O/c1-17-18(2)25-11-24(17)13-28-19(3)20(4)30(34-28)15-26-12-27(32(23(26)7)33(8,9)36-10)16-31-22(6)21(5)29(14-25)35-31/h13-16H,11-12H2,1-10H3/b24-13+,25-14+,26-15?,27-16?,28-13?,29-14?,30-15-,31-16-. The molecule has 5 rings (SSSR count). The minimum atomic E-state index is -0.395. The largest absolute Gasteiger partial charge is 0.374 e. The Morgan fingerprint density at radius 3 is 1.53 bits per heavy atom. The molecule has 0 aromatic carbocycles. The van der Waals surface area contributed by atoms with Gasteiger partial charge in [-0.25, -0.2) is 9.98 Å². The van der Waals surface area contributed by atoms with Crippen molar-refractivity contribution in [2.24, 2.45) is 9.98 Å². The van der Waals surface area contributed by atoms with E-state index in [1.54, 1.807) is 7.11 Å². The Morgan fingerprint density at radius 2 is 1.06 bits per heavy atom. The van der Waals surface area contributed by atoms with Gasteiger partial charge >= 0.3 is 0 Å². The molecule has 0 unspecified atom stereocenters. The van der Waals surface area contributed by atoms with Crippen LogP contribution in [0.1, 0.15) is 75.2 Å². The highest BCUT2D eigenvalue weighted by atomic mass is 16.5. The molecule has 0 saturated heterocycles. The van der Waals surface area contributed by atoms with Crippen LogP contribution in [0.2, 0.25) is 0 Å². The molecule has 2 aliphatic carbocycles. The van der Waals surface area contributed by atoms with Gasteiger partial charge in [0.1, 0.15) is 0 Å². The molecule has 0 atom stereocenters. The lowest BCUT2D eigenvalue weighted by Gasteiger charge is -2.27. The summed E-state index contributed by atoms with van der Waals surface area (Å²) in [5, 5.41) is 0. The molecule has 0 aromatic heterocycles. The van der Waals surface area contributed by atoms with Crippen molar-refractivity contribution in [3.8, 4) is 0 Å². The monoisotopic (exact) mass is 478 g/mol. The third-order valence-corrected chi connectivity index (χ3v) is 8.97. The Hall–Kier alpha value is -3.04. The first-order valence-corrected chi connectivity index (χ1v) is 13.0. The molecule has 3 nitrogen and oxygen atoms in total. The van der Waals surface area contributed by atoms with Gasteiger partial charge in [-0.3, -0.25) is 0 Å². The third-order valence-electron chi connectivity index (χ3n) is 8.97. The van der Waals surface area contributed by atoms with Gasteiger partial charge in [0, 0.05) is 7.11 Å². The second kappa shape index (κ2) is 8.52. The summed E-state index contributed by atoms with van der Waals surface area (Å²) < 4.78 is 6.00. The second-order valence-corrected chi connectivity index (χ2v) is 11.3. The average molecular weight is 479 g/mol. The molecule has 0 spiro atoms. The van der Waals surface area contributed by atoms with Crippen LogP contribution in [0.5, 0.6) is 0 Å². The minimum Gasteiger partial charge on any atom is -0.374 e. The molecule has 0 amide bonds. The Labute approximate surface area is 216 Å². The summed E-state index contributed by atoms with van der Waals surface area (Å²) in [5.74, 6) is 0. The van der Waals surface area contributed by atoms with E-state index in [-0.39, 0.29) is 0 Å². The maximum Gasteiger partial charge on any atom is 0.0876 e. The first-order valence-electron chi connectivity index (χ1n) is 13.0. The normalized spacial score (nSPS) is 28.3. The zero-order valence-electron chi connectivity index (χ0n) is 23.5. The summed E-state index contributed by atoms with van der Waals surface area (Å²) in [4.78, 5) is 10.3. The molecule has 3 heteroatoms. The van der Waals surface area contributed by atoms with Crippen LogP contribution in [-0.2, 0) is 4.74 Å². The van der Waals surface area contributed by atoms with E-state index in [1.165, 1.54) is 66.9 Å². The number of fused-ring (bicyclic) bond motifs is 6. The summed E-state index contributed by atoms with van der Waals surface area (Å²) in [5.41, 5.74) is 19.5. The Bertz CT molecular complexity index is 1460. The van der Waals surface area contributed by atoms with Gasteiger partial charge in [-0.05, 0) is 166 Å². The number of allylic oxidation sites excluding steroid dienone is 14. The Kier molecular flexibility index (Phi) is 5.83. The predicted octanol–water partition coefficient (Wildman–Crippen LogP) is 8.38. The lowest BCUT2D eigenvalue weighted by Crippen LogP contribution is -2.26. The van der Waals surface area contributed by atoms with Crippen LogP contribution in [0.25, 0.3) is 0 Å². The number of ether oxygens (including phenoxy) is 1. The van der Waals surface area contributed by atoms with E-state index < -0.39 is 5.60 Å². The van der Waals surface area contributed by atoms with Crippen LogP contribution < -0.4 is 0 Å². The SMILES string of the molecule is COC(C)(C)C1=C2/C=C3N=C(/C=C4\C/C(=C\C5=NC(=C\C(=C1C)C2)/C(C)=C5C)C(C)=C4C)C(C)=C\3C. The lowest BCUT2D eigenvalue weighted by molar-refractivity contribution is 0.0566. The van der Waals surface area contributed by atoms with Crippen molar-refractivity contribution in [3.63, 3.8) is 0 Å². The van der Waals surface area contributed by atoms with E-state index in [9.17, 15) is 0 Å². The van der Waals surface area contributed by atoms with Crippen LogP contribution in [-0.4, -0.2) is 24.1 Å². The van der Waals surface area contributed by atoms with Crippen molar-refractivity contribution in [1.82, 2.24) is 0 Å². The summed E-state index contributed by atoms with van der Waals surface area (Å²) in [6.45, 7) is 19.8. The van der Waals surface area contributed by atoms with Crippen molar-refractivity contribution in [1.29, 1.82) is 0 Å². The van der Waals surface area contributed by atoms with Gasteiger partial charge < -0.3 is 4.74 Å². The highest BCUT2D eigenvalue weighted by Gasteiger charge is 2.33. The fraction of sp³-hybridized carbons (Fsp3) is 0.394. The van der Waals surface area contributed by atoms with Crippen molar-refractivity contribution in [2.45, 2.75) is 80.8 Å². The summed E-state index contributed by atoms with van der Waals surface area (Å²) in [7, 11) is 1.80. The number of methoxy groups -OCH3 is 1. The van der Waals surface area contributed by atoms with Crippen molar-refractivity contribution in [2.75, 3.05) is 7.11 Å². The molecule has 3 heterocycles. The smallest absolute Gasteiger partial charge is 0.0876 e. The molecule has 0 saturated carbocycles. The zero-order valence-corrected chi connectivity index (χ0v) is 23.5. The molecule has 0 N–H and O–H groups in total. The fourth-order valence-corrected chi connectivity index (χ4v) is 5.91. The fourth-order valence-electron chi connectivity index (χ4n) is 5.91. The van der Waals surface area contributed by atoms with Crippen LogP contribution in [0, 0.1) is 0 Å². The van der Waals surface area contributed by atoms with Crippen LogP contribution in [0.3, 0.4) is 0 Å². The number of hydrogen-bond donors (Lipinski definition) is 0. The van der Waals surface area contributed by atoms with Crippen LogP contribution in [0.4, 0.5) is 0 Å². The lowest BCUT2D eigenvalue weighted by atomic mass is 9.90. The quantitative estimate of drug-likeness (QED) is 0.392. The van der Waals surface area contributed by atoms with E-state index in [4.69, 9.17) is 14.7 Å². The molecule has 5 aliphatic rings. The Morgan fingerprint density at radius 1 is 0.583 bits per heavy atom.